The average molecular weight is 348 g/mol. The summed E-state index contributed by atoms with van der Waals surface area (Å²) >= 11 is 1.34. The second-order valence-corrected chi connectivity index (χ2v) is 7.39. The molecular weight excluding hydrogens is 328 g/mol. The number of para-hydroxylation sites is 1. The normalized spacial score (nSPS) is 20.5. The Labute approximate surface area is 144 Å². The fraction of sp³-hybridized carbons (Fsp3) is 0.471. The minimum absolute atomic E-state index is 0.0592. The molecule has 1 aliphatic carbocycles. The number of ether oxygens (including phenoxy) is 1. The zero-order chi connectivity index (χ0) is 17.1. The summed E-state index contributed by atoms with van der Waals surface area (Å²) in [6, 6.07) is 7.55. The molecule has 0 radical (unpaired) electrons. The summed E-state index contributed by atoms with van der Waals surface area (Å²) < 4.78 is 5.00. The predicted octanol–water partition coefficient (Wildman–Crippen LogP) is 1.95. The number of nitrogens with one attached hydrogen (secondary N) is 2. The number of benzene rings is 1. The topological polar surface area (TPSA) is 84.5 Å². The molecule has 2 amide bonds. The lowest BCUT2D eigenvalue weighted by atomic mass is 10.2. The standard InChI is InChI=1S/C17H20N2O4S/c1-10(11-6-7-11)18-15(20)9-23-16(21)8-14-17(22)19-12-4-2-3-5-13(12)24-14/h2-5,10-11,14H,6-9H2,1H3,(H,18,20)(H,19,22)/t10-,14+/m0/s1. The van der Waals surface area contributed by atoms with Crippen molar-refractivity contribution in [2.75, 3.05) is 11.9 Å². The maximum Gasteiger partial charge on any atom is 0.307 e. The van der Waals surface area contributed by atoms with Crippen LogP contribution in [-0.2, 0) is 19.1 Å². The van der Waals surface area contributed by atoms with Crippen LogP contribution in [0.2, 0.25) is 0 Å². The number of hydrogen-bond acceptors (Lipinski definition) is 5. The first-order valence-electron chi connectivity index (χ1n) is 8.04. The lowest BCUT2D eigenvalue weighted by molar-refractivity contribution is -0.149. The van der Waals surface area contributed by atoms with E-state index in [1.807, 2.05) is 31.2 Å². The van der Waals surface area contributed by atoms with Crippen molar-refractivity contribution in [1.82, 2.24) is 5.32 Å². The van der Waals surface area contributed by atoms with Crippen molar-refractivity contribution < 1.29 is 19.1 Å². The number of amides is 2. The van der Waals surface area contributed by atoms with Crippen LogP contribution in [0.1, 0.15) is 26.2 Å². The second kappa shape index (κ2) is 7.25. The summed E-state index contributed by atoms with van der Waals surface area (Å²) in [6.45, 7) is 1.66. The van der Waals surface area contributed by atoms with Gasteiger partial charge < -0.3 is 15.4 Å². The molecule has 1 saturated carbocycles. The number of carbonyl (C=O) groups is 3. The predicted molar refractivity (Wildman–Crippen MR) is 90.6 cm³/mol. The molecule has 0 saturated heterocycles. The van der Waals surface area contributed by atoms with Gasteiger partial charge in [-0.15, -0.1) is 11.8 Å². The van der Waals surface area contributed by atoms with Gasteiger partial charge in [-0.1, -0.05) is 12.1 Å². The quantitative estimate of drug-likeness (QED) is 0.768. The van der Waals surface area contributed by atoms with E-state index in [0.717, 1.165) is 23.4 Å². The van der Waals surface area contributed by atoms with Gasteiger partial charge in [0.25, 0.3) is 5.91 Å². The summed E-state index contributed by atoms with van der Waals surface area (Å²) in [6.07, 6.45) is 2.21. The molecule has 1 aliphatic heterocycles. The summed E-state index contributed by atoms with van der Waals surface area (Å²) in [7, 11) is 0. The van der Waals surface area contributed by atoms with Gasteiger partial charge in [0.2, 0.25) is 5.91 Å². The molecule has 6 nitrogen and oxygen atoms in total. The number of thioether (sulfide) groups is 1. The van der Waals surface area contributed by atoms with Crippen LogP contribution in [0, 0.1) is 5.92 Å². The Kier molecular flexibility index (Phi) is 5.08. The summed E-state index contributed by atoms with van der Waals surface area (Å²) in [5, 5.41) is 5.06. The van der Waals surface area contributed by atoms with Crippen molar-refractivity contribution in [2.24, 2.45) is 5.92 Å². The van der Waals surface area contributed by atoms with Crippen LogP contribution in [0.4, 0.5) is 5.69 Å². The summed E-state index contributed by atoms with van der Waals surface area (Å²) in [5.74, 6) is -0.514. The molecule has 2 aliphatic rings. The van der Waals surface area contributed by atoms with Gasteiger partial charge in [-0.3, -0.25) is 14.4 Å². The van der Waals surface area contributed by atoms with Gasteiger partial charge >= 0.3 is 5.97 Å². The van der Waals surface area contributed by atoms with E-state index in [4.69, 9.17) is 4.74 Å². The lowest BCUT2D eigenvalue weighted by Gasteiger charge is -2.23. The Balaban J connectivity index is 1.45. The van der Waals surface area contributed by atoms with Crippen LogP contribution >= 0.6 is 11.8 Å². The van der Waals surface area contributed by atoms with E-state index in [2.05, 4.69) is 10.6 Å². The maximum absolute atomic E-state index is 12.0. The van der Waals surface area contributed by atoms with Crippen LogP contribution in [0.25, 0.3) is 0 Å². The van der Waals surface area contributed by atoms with E-state index in [-0.39, 0.29) is 30.9 Å². The Bertz CT molecular complexity index is 660. The summed E-state index contributed by atoms with van der Waals surface area (Å²) in [4.78, 5) is 36.6. The van der Waals surface area contributed by atoms with Crippen molar-refractivity contribution in [3.63, 3.8) is 0 Å². The minimum Gasteiger partial charge on any atom is -0.456 e. The highest BCUT2D eigenvalue weighted by atomic mass is 32.2. The van der Waals surface area contributed by atoms with Crippen molar-refractivity contribution in [3.8, 4) is 0 Å². The van der Waals surface area contributed by atoms with Crippen LogP contribution in [-0.4, -0.2) is 35.7 Å². The molecule has 3 rings (SSSR count). The Morgan fingerprint density at radius 2 is 2.12 bits per heavy atom. The van der Waals surface area contributed by atoms with Gasteiger partial charge in [0, 0.05) is 10.9 Å². The molecule has 2 atom stereocenters. The highest BCUT2D eigenvalue weighted by molar-refractivity contribution is 8.01. The van der Waals surface area contributed by atoms with Crippen molar-refractivity contribution in [1.29, 1.82) is 0 Å². The third-order valence-corrected chi connectivity index (χ3v) is 5.42. The average Bonchev–Trinajstić information content (AvgIpc) is 3.38. The molecule has 2 N–H and O–H groups in total. The SMILES string of the molecule is C[C@H](NC(=O)COC(=O)C[C@H]1Sc2ccccc2NC1=O)C1CC1. The van der Waals surface area contributed by atoms with E-state index in [9.17, 15) is 14.4 Å². The zero-order valence-corrected chi connectivity index (χ0v) is 14.2. The fourth-order valence-electron chi connectivity index (χ4n) is 2.59. The number of carbonyl (C=O) groups excluding carboxylic acids is 3. The Hall–Kier alpha value is -2.02. The molecule has 0 aromatic heterocycles. The fourth-order valence-corrected chi connectivity index (χ4v) is 3.69. The second-order valence-electron chi connectivity index (χ2n) is 6.15. The van der Waals surface area contributed by atoms with Gasteiger partial charge in [0.1, 0.15) is 0 Å². The molecule has 1 fully saturated rings. The van der Waals surface area contributed by atoms with E-state index in [1.54, 1.807) is 0 Å². The van der Waals surface area contributed by atoms with Crippen LogP contribution in [0.3, 0.4) is 0 Å². The van der Waals surface area contributed by atoms with Gasteiger partial charge in [-0.2, -0.15) is 0 Å². The van der Waals surface area contributed by atoms with Crippen LogP contribution < -0.4 is 10.6 Å². The highest BCUT2D eigenvalue weighted by Gasteiger charge is 2.30. The third-order valence-electron chi connectivity index (χ3n) is 4.14. The molecule has 1 aromatic carbocycles. The number of esters is 1. The highest BCUT2D eigenvalue weighted by Crippen LogP contribution is 2.36. The van der Waals surface area contributed by atoms with Gasteiger partial charge in [0.05, 0.1) is 17.4 Å². The van der Waals surface area contributed by atoms with Crippen LogP contribution in [0.5, 0.6) is 0 Å². The molecule has 24 heavy (non-hydrogen) atoms. The van der Waals surface area contributed by atoms with Gasteiger partial charge in [-0.05, 0) is 37.8 Å². The number of hydrogen-bond donors (Lipinski definition) is 2. The smallest absolute Gasteiger partial charge is 0.307 e. The molecule has 0 spiro atoms. The molecular formula is C17H20N2O4S. The molecule has 128 valence electrons. The monoisotopic (exact) mass is 348 g/mol. The van der Waals surface area contributed by atoms with Crippen molar-refractivity contribution >= 4 is 35.2 Å². The van der Waals surface area contributed by atoms with E-state index >= 15 is 0 Å². The number of rotatable bonds is 6. The molecule has 0 bridgehead atoms. The van der Waals surface area contributed by atoms with Crippen LogP contribution in [0.15, 0.2) is 29.2 Å². The molecule has 0 unspecified atom stereocenters. The molecule has 1 aromatic rings. The van der Waals surface area contributed by atoms with E-state index in [0.29, 0.717) is 5.92 Å². The number of anilines is 1. The minimum atomic E-state index is -0.545. The maximum atomic E-state index is 12.0. The van der Waals surface area contributed by atoms with Gasteiger partial charge in [-0.25, -0.2) is 0 Å². The first-order valence-corrected chi connectivity index (χ1v) is 8.92. The van der Waals surface area contributed by atoms with Gasteiger partial charge in [0.15, 0.2) is 6.61 Å². The Morgan fingerprint density at radius 1 is 1.38 bits per heavy atom. The van der Waals surface area contributed by atoms with Crippen molar-refractivity contribution in [3.05, 3.63) is 24.3 Å². The summed E-state index contributed by atoms with van der Waals surface area (Å²) in [5.41, 5.74) is 0.755. The first-order chi connectivity index (χ1) is 11.5. The van der Waals surface area contributed by atoms with E-state index < -0.39 is 11.2 Å². The van der Waals surface area contributed by atoms with E-state index in [1.165, 1.54) is 11.8 Å². The Morgan fingerprint density at radius 3 is 2.88 bits per heavy atom. The first kappa shape index (κ1) is 16.8. The third kappa shape index (κ3) is 4.29. The molecule has 1 heterocycles. The number of fused-ring (bicyclic) bond motifs is 1. The molecule has 7 heteroatoms. The lowest BCUT2D eigenvalue weighted by Crippen LogP contribution is -2.37. The largest absolute Gasteiger partial charge is 0.456 e. The zero-order valence-electron chi connectivity index (χ0n) is 13.4. The van der Waals surface area contributed by atoms with Crippen molar-refractivity contribution in [2.45, 2.75) is 42.4 Å².